The van der Waals surface area contributed by atoms with Crippen LogP contribution in [-0.2, 0) is 17.9 Å². The lowest BCUT2D eigenvalue weighted by molar-refractivity contribution is -0.133. The van der Waals surface area contributed by atoms with Gasteiger partial charge in [0, 0.05) is 71.4 Å². The summed E-state index contributed by atoms with van der Waals surface area (Å²) in [5.41, 5.74) is 2.61. The number of likely N-dealkylation sites (N-methyl/N-ethyl adjacent to an activating group) is 1. The van der Waals surface area contributed by atoms with Gasteiger partial charge >= 0.3 is 0 Å². The maximum absolute atomic E-state index is 12.2. The molecule has 7 nitrogen and oxygen atoms in total. The molecule has 2 saturated heterocycles. The second kappa shape index (κ2) is 11.5. The van der Waals surface area contributed by atoms with Crippen LogP contribution in [0.1, 0.15) is 38.3 Å². The van der Waals surface area contributed by atoms with E-state index in [9.17, 15) is 4.79 Å². The zero-order valence-electron chi connectivity index (χ0n) is 19.7. The highest BCUT2D eigenvalue weighted by Crippen LogP contribution is 2.13. The van der Waals surface area contributed by atoms with E-state index in [2.05, 4.69) is 56.6 Å². The van der Waals surface area contributed by atoms with E-state index in [-0.39, 0.29) is 17.9 Å². The van der Waals surface area contributed by atoms with E-state index in [1.54, 1.807) is 7.05 Å². The number of aliphatic imine (C=N–C) groups is 1. The first kappa shape index (κ1) is 23.5. The van der Waals surface area contributed by atoms with Crippen LogP contribution in [0.25, 0.3) is 0 Å². The number of amides is 1. The third kappa shape index (κ3) is 6.94. The zero-order valence-corrected chi connectivity index (χ0v) is 19.7. The van der Waals surface area contributed by atoms with Gasteiger partial charge in [0.15, 0.2) is 5.96 Å². The van der Waals surface area contributed by atoms with Crippen molar-refractivity contribution in [3.05, 3.63) is 35.4 Å². The molecular formula is C24H40N6O. The van der Waals surface area contributed by atoms with Crippen molar-refractivity contribution in [2.45, 2.75) is 46.3 Å². The number of nitrogens with zero attached hydrogens (tertiary/aromatic N) is 4. The molecule has 3 rings (SSSR count). The highest BCUT2D eigenvalue weighted by Gasteiger charge is 2.27. The molecule has 172 valence electrons. The van der Waals surface area contributed by atoms with Crippen molar-refractivity contribution >= 4 is 11.9 Å². The largest absolute Gasteiger partial charge is 0.352 e. The van der Waals surface area contributed by atoms with E-state index in [1.165, 1.54) is 24.2 Å². The molecule has 0 saturated carbocycles. The van der Waals surface area contributed by atoms with Gasteiger partial charge in [-0.25, -0.2) is 0 Å². The summed E-state index contributed by atoms with van der Waals surface area (Å²) in [6, 6.07) is 9.15. The zero-order chi connectivity index (χ0) is 22.2. The smallest absolute Gasteiger partial charge is 0.225 e. The number of rotatable bonds is 7. The summed E-state index contributed by atoms with van der Waals surface area (Å²) in [4.78, 5) is 23.6. The molecule has 0 radical (unpaired) electrons. The Balaban J connectivity index is 1.41. The topological polar surface area (TPSA) is 63.2 Å². The lowest BCUT2D eigenvalue weighted by atomic mass is 10.1. The molecule has 2 aliphatic rings. The van der Waals surface area contributed by atoms with Crippen molar-refractivity contribution in [1.82, 2.24) is 25.3 Å². The van der Waals surface area contributed by atoms with Crippen molar-refractivity contribution in [2.24, 2.45) is 10.9 Å². The first-order valence-electron chi connectivity index (χ1n) is 11.8. The number of likely N-dealkylation sites (tertiary alicyclic amines) is 1. The molecule has 0 spiro atoms. The van der Waals surface area contributed by atoms with Crippen LogP contribution in [0.2, 0.25) is 0 Å². The molecule has 1 aromatic rings. The average Bonchev–Trinajstić information content (AvgIpc) is 3.26. The van der Waals surface area contributed by atoms with Crippen molar-refractivity contribution < 1.29 is 4.79 Å². The molecular weight excluding hydrogens is 388 g/mol. The van der Waals surface area contributed by atoms with Gasteiger partial charge in [0.2, 0.25) is 5.91 Å². The summed E-state index contributed by atoms with van der Waals surface area (Å²) in [5.74, 6) is 1.08. The van der Waals surface area contributed by atoms with Gasteiger partial charge in [0.05, 0.1) is 0 Å². The number of hydrogen-bond donors (Lipinski definition) is 2. The van der Waals surface area contributed by atoms with E-state index in [1.807, 2.05) is 18.7 Å². The second-order valence-corrected chi connectivity index (χ2v) is 9.02. The van der Waals surface area contributed by atoms with Crippen LogP contribution < -0.4 is 10.6 Å². The van der Waals surface area contributed by atoms with Gasteiger partial charge in [-0.3, -0.25) is 14.7 Å². The maximum Gasteiger partial charge on any atom is 0.225 e. The Morgan fingerprint density at radius 3 is 2.32 bits per heavy atom. The van der Waals surface area contributed by atoms with Gasteiger partial charge in [-0.15, -0.1) is 0 Å². The van der Waals surface area contributed by atoms with Crippen molar-refractivity contribution in [1.29, 1.82) is 0 Å². The monoisotopic (exact) mass is 428 g/mol. The van der Waals surface area contributed by atoms with Crippen LogP contribution in [0.5, 0.6) is 0 Å². The van der Waals surface area contributed by atoms with Crippen molar-refractivity contribution in [3.63, 3.8) is 0 Å². The quantitative estimate of drug-likeness (QED) is 0.512. The van der Waals surface area contributed by atoms with Crippen LogP contribution >= 0.6 is 0 Å². The number of benzene rings is 1. The van der Waals surface area contributed by atoms with Crippen molar-refractivity contribution in [3.8, 4) is 0 Å². The van der Waals surface area contributed by atoms with Gasteiger partial charge in [-0.1, -0.05) is 45.0 Å². The molecule has 2 N–H and O–H groups in total. The Hall–Kier alpha value is -2.12. The predicted molar refractivity (Wildman–Crippen MR) is 127 cm³/mol. The van der Waals surface area contributed by atoms with E-state index in [0.717, 1.165) is 58.2 Å². The minimum absolute atomic E-state index is 0.0557. The molecule has 2 aliphatic heterocycles. The van der Waals surface area contributed by atoms with Crippen LogP contribution in [0.15, 0.2) is 29.3 Å². The molecule has 1 aromatic carbocycles. The molecule has 1 atom stereocenters. The second-order valence-electron chi connectivity index (χ2n) is 9.02. The van der Waals surface area contributed by atoms with Gasteiger partial charge in [0.1, 0.15) is 0 Å². The van der Waals surface area contributed by atoms with Crippen LogP contribution in [-0.4, -0.2) is 85.5 Å². The summed E-state index contributed by atoms with van der Waals surface area (Å²) in [6.45, 7) is 15.3. The number of carbonyl (C=O) groups excluding carboxylic acids is 1. The molecule has 1 unspecified atom stereocenters. The molecule has 2 fully saturated rings. The predicted octanol–water partition coefficient (Wildman–Crippen LogP) is 1.75. The molecule has 31 heavy (non-hydrogen) atoms. The average molecular weight is 429 g/mol. The Labute approximate surface area is 187 Å². The van der Waals surface area contributed by atoms with E-state index < -0.39 is 0 Å². The minimum atomic E-state index is 0.0557. The van der Waals surface area contributed by atoms with E-state index in [4.69, 9.17) is 0 Å². The fourth-order valence-corrected chi connectivity index (χ4v) is 4.30. The molecule has 1 amide bonds. The Kier molecular flexibility index (Phi) is 8.72. The first-order chi connectivity index (χ1) is 15.0. The normalized spacial score (nSPS) is 21.0. The number of piperazine rings is 1. The van der Waals surface area contributed by atoms with Gasteiger partial charge in [0.25, 0.3) is 0 Å². The summed E-state index contributed by atoms with van der Waals surface area (Å²) in [6.07, 6.45) is 0.959. The fraction of sp³-hybridized carbons (Fsp3) is 0.667. The minimum Gasteiger partial charge on any atom is -0.352 e. The Morgan fingerprint density at radius 1 is 1.06 bits per heavy atom. The highest BCUT2D eigenvalue weighted by atomic mass is 16.2. The molecule has 7 heteroatoms. The molecule has 0 bridgehead atoms. The first-order valence-corrected chi connectivity index (χ1v) is 11.8. The van der Waals surface area contributed by atoms with Gasteiger partial charge < -0.3 is 20.4 Å². The SMILES string of the molecule is CCN1CCN(Cc2ccc(CNC(=NC)NC3CCN(C(=O)C(C)C)C3)cc2)CC1. The summed E-state index contributed by atoms with van der Waals surface area (Å²) >= 11 is 0. The summed E-state index contributed by atoms with van der Waals surface area (Å²) in [5, 5.41) is 6.88. The molecule has 2 heterocycles. The lowest BCUT2D eigenvalue weighted by Gasteiger charge is -2.34. The fourth-order valence-electron chi connectivity index (χ4n) is 4.30. The van der Waals surface area contributed by atoms with E-state index >= 15 is 0 Å². The highest BCUT2D eigenvalue weighted by molar-refractivity contribution is 5.81. The number of nitrogens with one attached hydrogen (secondary N) is 2. The van der Waals surface area contributed by atoms with Crippen LogP contribution in [0.4, 0.5) is 0 Å². The third-order valence-electron chi connectivity index (χ3n) is 6.36. The Bertz CT molecular complexity index is 724. The number of guanidine groups is 1. The summed E-state index contributed by atoms with van der Waals surface area (Å²) < 4.78 is 0. The maximum atomic E-state index is 12.2. The number of hydrogen-bond acceptors (Lipinski definition) is 4. The summed E-state index contributed by atoms with van der Waals surface area (Å²) in [7, 11) is 1.79. The van der Waals surface area contributed by atoms with E-state index in [0.29, 0.717) is 0 Å². The third-order valence-corrected chi connectivity index (χ3v) is 6.36. The lowest BCUT2D eigenvalue weighted by Crippen LogP contribution is -2.45. The molecule has 0 aliphatic carbocycles. The number of carbonyl (C=O) groups is 1. The van der Waals surface area contributed by atoms with Crippen LogP contribution in [0.3, 0.4) is 0 Å². The van der Waals surface area contributed by atoms with Gasteiger partial charge in [-0.05, 0) is 24.1 Å². The van der Waals surface area contributed by atoms with Crippen LogP contribution in [0, 0.1) is 5.92 Å². The standard InChI is InChI=1S/C24H40N6O/c1-5-28-12-14-29(15-13-28)17-21-8-6-20(7-9-21)16-26-24(25-4)27-22-10-11-30(18-22)23(31)19(2)3/h6-9,19,22H,5,10-18H2,1-4H3,(H2,25,26,27). The Morgan fingerprint density at radius 2 is 1.71 bits per heavy atom. The molecule has 0 aromatic heterocycles. The van der Waals surface area contributed by atoms with Crippen molar-refractivity contribution in [2.75, 3.05) is 52.9 Å². The van der Waals surface area contributed by atoms with Gasteiger partial charge in [-0.2, -0.15) is 0 Å².